The van der Waals surface area contributed by atoms with Gasteiger partial charge in [-0.15, -0.1) is 0 Å². The van der Waals surface area contributed by atoms with Gasteiger partial charge in [-0.1, -0.05) is 12.2 Å². The lowest BCUT2D eigenvalue weighted by molar-refractivity contribution is 0.0954. The lowest BCUT2D eigenvalue weighted by Crippen LogP contribution is -2.35. The number of nitrogens with one attached hydrogen (secondary N) is 1. The molecule has 2 N–H and O–H groups in total. The van der Waals surface area contributed by atoms with Crippen molar-refractivity contribution < 1.29 is 9.90 Å². The summed E-state index contributed by atoms with van der Waals surface area (Å²) in [5.74, 6) is 1.05. The standard InChI is InChI=1S/C14H14N2O2/c17-11-6-4-9(5-7-11)14(18)16-15-13-8-10-2-1-3-12(10)13/h1-2,4-7,10,12,17H,3,8H2,(H,16,18)/b15-13-/t10-,12+/m0/s1. The van der Waals surface area contributed by atoms with Gasteiger partial charge in [0.15, 0.2) is 0 Å². The molecule has 2 atom stereocenters. The second kappa shape index (κ2) is 4.29. The first-order chi connectivity index (χ1) is 8.74. The summed E-state index contributed by atoms with van der Waals surface area (Å²) in [6.45, 7) is 0. The van der Waals surface area contributed by atoms with Crippen LogP contribution < -0.4 is 5.43 Å². The second-order valence-electron chi connectivity index (χ2n) is 4.73. The predicted octanol–water partition coefficient (Wildman–Crippen LogP) is 2.07. The number of amides is 1. The number of fused-ring (bicyclic) bond motifs is 1. The Morgan fingerprint density at radius 3 is 2.83 bits per heavy atom. The minimum atomic E-state index is -0.239. The summed E-state index contributed by atoms with van der Waals surface area (Å²) in [7, 11) is 0. The molecule has 1 aromatic rings. The number of nitrogens with zero attached hydrogens (tertiary/aromatic N) is 1. The Balaban J connectivity index is 1.62. The maximum atomic E-state index is 11.8. The maximum Gasteiger partial charge on any atom is 0.271 e. The van der Waals surface area contributed by atoms with E-state index in [9.17, 15) is 4.79 Å². The quantitative estimate of drug-likeness (QED) is 0.616. The van der Waals surface area contributed by atoms with Gasteiger partial charge in [-0.2, -0.15) is 5.10 Å². The fraction of sp³-hybridized carbons (Fsp3) is 0.286. The molecule has 1 aromatic carbocycles. The number of allylic oxidation sites excluding steroid dienone is 2. The number of aromatic hydroxyl groups is 1. The Bertz CT molecular complexity index is 531. The van der Waals surface area contributed by atoms with Crippen molar-refractivity contribution in [3.05, 3.63) is 42.0 Å². The van der Waals surface area contributed by atoms with E-state index in [1.54, 1.807) is 12.1 Å². The molecule has 0 heterocycles. The molecule has 0 bridgehead atoms. The number of hydrazone groups is 1. The number of phenolic OH excluding ortho intramolecular Hbond substituents is 1. The van der Waals surface area contributed by atoms with Gasteiger partial charge in [0.2, 0.25) is 0 Å². The Morgan fingerprint density at radius 2 is 2.11 bits per heavy atom. The SMILES string of the molecule is O=C(N/N=C1/C[C@@H]2C=CC[C@@H]12)c1ccc(O)cc1. The van der Waals surface area contributed by atoms with Crippen molar-refractivity contribution in [2.45, 2.75) is 12.8 Å². The fourth-order valence-corrected chi connectivity index (χ4v) is 2.46. The van der Waals surface area contributed by atoms with Crippen molar-refractivity contribution in [2.75, 3.05) is 0 Å². The molecule has 0 spiro atoms. The third-order valence-corrected chi connectivity index (χ3v) is 3.59. The van der Waals surface area contributed by atoms with Crippen molar-refractivity contribution >= 4 is 11.6 Å². The van der Waals surface area contributed by atoms with Gasteiger partial charge >= 0.3 is 0 Å². The van der Waals surface area contributed by atoms with Crippen LogP contribution in [0.15, 0.2) is 41.5 Å². The lowest BCUT2D eigenvalue weighted by atomic mass is 9.74. The van der Waals surface area contributed by atoms with E-state index in [-0.39, 0.29) is 11.7 Å². The highest BCUT2D eigenvalue weighted by molar-refractivity contribution is 5.98. The highest BCUT2D eigenvalue weighted by Gasteiger charge is 2.37. The topological polar surface area (TPSA) is 61.7 Å². The van der Waals surface area contributed by atoms with Crippen LogP contribution in [0.25, 0.3) is 0 Å². The van der Waals surface area contributed by atoms with Crippen molar-refractivity contribution in [3.8, 4) is 5.75 Å². The van der Waals surface area contributed by atoms with Crippen LogP contribution in [0, 0.1) is 11.8 Å². The Morgan fingerprint density at radius 1 is 1.33 bits per heavy atom. The van der Waals surface area contributed by atoms with E-state index in [0.717, 1.165) is 18.6 Å². The fourth-order valence-electron chi connectivity index (χ4n) is 2.46. The third kappa shape index (κ3) is 1.90. The summed E-state index contributed by atoms with van der Waals surface area (Å²) in [4.78, 5) is 11.8. The Kier molecular flexibility index (Phi) is 2.63. The second-order valence-corrected chi connectivity index (χ2v) is 4.73. The highest BCUT2D eigenvalue weighted by atomic mass is 16.3. The zero-order chi connectivity index (χ0) is 12.5. The molecule has 4 nitrogen and oxygen atoms in total. The molecule has 0 unspecified atom stereocenters. The van der Waals surface area contributed by atoms with E-state index in [0.29, 0.717) is 17.4 Å². The number of hydrogen-bond donors (Lipinski definition) is 2. The van der Waals surface area contributed by atoms with Gasteiger partial charge in [-0.25, -0.2) is 5.43 Å². The van der Waals surface area contributed by atoms with Gasteiger partial charge in [-0.3, -0.25) is 4.79 Å². The summed E-state index contributed by atoms with van der Waals surface area (Å²) < 4.78 is 0. The normalized spacial score (nSPS) is 26.8. The number of carbonyl (C=O) groups is 1. The van der Waals surface area contributed by atoms with Gasteiger partial charge in [-0.05, 0) is 43.0 Å². The summed E-state index contributed by atoms with van der Waals surface area (Å²) >= 11 is 0. The number of phenols is 1. The minimum Gasteiger partial charge on any atom is -0.508 e. The van der Waals surface area contributed by atoms with Gasteiger partial charge in [0.25, 0.3) is 5.91 Å². The van der Waals surface area contributed by atoms with Crippen LogP contribution in [0.1, 0.15) is 23.2 Å². The third-order valence-electron chi connectivity index (χ3n) is 3.59. The number of benzene rings is 1. The summed E-state index contributed by atoms with van der Waals surface area (Å²) in [6.07, 6.45) is 6.40. The largest absolute Gasteiger partial charge is 0.508 e. The summed E-state index contributed by atoms with van der Waals surface area (Å²) in [6, 6.07) is 6.13. The average Bonchev–Trinajstić information content (AvgIpc) is 2.72. The average molecular weight is 242 g/mol. The van der Waals surface area contributed by atoms with Gasteiger partial charge in [0.05, 0.1) is 0 Å². The van der Waals surface area contributed by atoms with E-state index >= 15 is 0 Å². The monoisotopic (exact) mass is 242 g/mol. The summed E-state index contributed by atoms with van der Waals surface area (Å²) in [5.41, 5.74) is 4.15. The van der Waals surface area contributed by atoms with Gasteiger partial charge in [0.1, 0.15) is 5.75 Å². The zero-order valence-corrected chi connectivity index (χ0v) is 9.84. The molecule has 0 saturated heterocycles. The molecular formula is C14H14N2O2. The van der Waals surface area contributed by atoms with Crippen LogP contribution in [-0.2, 0) is 0 Å². The minimum absolute atomic E-state index is 0.150. The first-order valence-corrected chi connectivity index (χ1v) is 6.06. The van der Waals surface area contributed by atoms with E-state index < -0.39 is 0 Å². The molecule has 2 aliphatic rings. The number of carbonyl (C=O) groups excluding carboxylic acids is 1. The smallest absolute Gasteiger partial charge is 0.271 e. The lowest BCUT2D eigenvalue weighted by Gasteiger charge is -2.31. The predicted molar refractivity (Wildman–Crippen MR) is 68.4 cm³/mol. The molecule has 18 heavy (non-hydrogen) atoms. The van der Waals surface area contributed by atoms with Gasteiger partial charge < -0.3 is 5.11 Å². The van der Waals surface area contributed by atoms with Crippen LogP contribution in [0.2, 0.25) is 0 Å². The van der Waals surface area contributed by atoms with Crippen molar-refractivity contribution in [1.82, 2.24) is 5.43 Å². The Hall–Kier alpha value is -2.10. The van der Waals surface area contributed by atoms with E-state index in [1.807, 2.05) is 0 Å². The van der Waals surface area contributed by atoms with Crippen molar-refractivity contribution in [1.29, 1.82) is 0 Å². The molecule has 0 aliphatic heterocycles. The van der Waals surface area contributed by atoms with E-state index in [2.05, 4.69) is 22.7 Å². The number of rotatable bonds is 2. The van der Waals surface area contributed by atoms with E-state index in [1.165, 1.54) is 12.1 Å². The molecule has 1 saturated carbocycles. The first kappa shape index (κ1) is 11.0. The van der Waals surface area contributed by atoms with Gasteiger partial charge in [0, 0.05) is 17.2 Å². The molecule has 92 valence electrons. The van der Waals surface area contributed by atoms with Crippen LogP contribution in [0.3, 0.4) is 0 Å². The molecule has 4 heteroatoms. The highest BCUT2D eigenvalue weighted by Crippen LogP contribution is 2.40. The van der Waals surface area contributed by atoms with Crippen molar-refractivity contribution in [3.63, 3.8) is 0 Å². The molecule has 1 amide bonds. The molecule has 3 rings (SSSR count). The summed E-state index contributed by atoms with van der Waals surface area (Å²) in [5, 5.41) is 13.3. The Labute approximate surface area is 105 Å². The zero-order valence-electron chi connectivity index (χ0n) is 9.84. The molecular weight excluding hydrogens is 228 g/mol. The molecule has 1 fully saturated rings. The first-order valence-electron chi connectivity index (χ1n) is 6.06. The van der Waals surface area contributed by atoms with Crippen LogP contribution in [0.4, 0.5) is 0 Å². The van der Waals surface area contributed by atoms with Crippen LogP contribution >= 0.6 is 0 Å². The van der Waals surface area contributed by atoms with Crippen LogP contribution in [-0.4, -0.2) is 16.7 Å². The number of hydrogen-bond acceptors (Lipinski definition) is 3. The molecule has 0 radical (unpaired) electrons. The maximum absolute atomic E-state index is 11.8. The molecule has 2 aliphatic carbocycles. The van der Waals surface area contributed by atoms with Crippen LogP contribution in [0.5, 0.6) is 5.75 Å². The van der Waals surface area contributed by atoms with E-state index in [4.69, 9.17) is 5.11 Å². The molecule has 0 aromatic heterocycles. The van der Waals surface area contributed by atoms with Crippen molar-refractivity contribution in [2.24, 2.45) is 16.9 Å².